The number of halogens is 1. The first-order chi connectivity index (χ1) is 11.3. The monoisotopic (exact) mass is 350 g/mol. The zero-order valence-electron chi connectivity index (χ0n) is 13.8. The van der Waals surface area contributed by atoms with Crippen molar-refractivity contribution in [1.29, 1.82) is 0 Å². The first-order valence-electron chi connectivity index (χ1n) is 7.84. The summed E-state index contributed by atoms with van der Waals surface area (Å²) in [5.74, 6) is -0.970. The molecule has 2 atom stereocenters. The van der Waals surface area contributed by atoms with Crippen LogP contribution in [-0.4, -0.2) is 42.5 Å². The SMILES string of the molecule is COC(=O)C1CCN2C(=O)N(c3cc(C)c(Cl)c(C)c3)C(=O)C2C1. The van der Waals surface area contributed by atoms with E-state index < -0.39 is 6.04 Å². The van der Waals surface area contributed by atoms with Crippen molar-refractivity contribution >= 4 is 35.2 Å². The predicted octanol–water partition coefficient (Wildman–Crippen LogP) is 2.68. The van der Waals surface area contributed by atoms with Crippen LogP contribution in [0.15, 0.2) is 12.1 Å². The number of hydrogen-bond donors (Lipinski definition) is 0. The number of carbonyl (C=O) groups excluding carboxylic acids is 3. The van der Waals surface area contributed by atoms with Crippen LogP contribution >= 0.6 is 11.6 Å². The van der Waals surface area contributed by atoms with Crippen LogP contribution < -0.4 is 4.90 Å². The molecule has 0 N–H and O–H groups in total. The molecule has 2 saturated heterocycles. The third kappa shape index (κ3) is 2.55. The van der Waals surface area contributed by atoms with Gasteiger partial charge in [-0.25, -0.2) is 9.69 Å². The Morgan fingerprint density at radius 2 is 1.88 bits per heavy atom. The Morgan fingerprint density at radius 3 is 2.46 bits per heavy atom. The number of ether oxygens (including phenoxy) is 1. The molecule has 2 unspecified atom stereocenters. The summed E-state index contributed by atoms with van der Waals surface area (Å²) in [5.41, 5.74) is 2.14. The Kier molecular flexibility index (Phi) is 4.25. The fourth-order valence-electron chi connectivity index (χ4n) is 3.47. The molecule has 6 nitrogen and oxygen atoms in total. The van der Waals surface area contributed by atoms with Gasteiger partial charge in [-0.3, -0.25) is 9.59 Å². The van der Waals surface area contributed by atoms with Crippen LogP contribution in [0.2, 0.25) is 5.02 Å². The first-order valence-corrected chi connectivity index (χ1v) is 8.22. The largest absolute Gasteiger partial charge is 0.469 e. The highest BCUT2D eigenvalue weighted by Crippen LogP contribution is 2.35. The molecule has 2 heterocycles. The van der Waals surface area contributed by atoms with Gasteiger partial charge in [0.15, 0.2) is 0 Å². The van der Waals surface area contributed by atoms with E-state index in [0.29, 0.717) is 30.1 Å². The minimum atomic E-state index is -0.605. The van der Waals surface area contributed by atoms with Crippen molar-refractivity contribution in [2.45, 2.75) is 32.7 Å². The molecule has 0 spiro atoms. The normalized spacial score (nSPS) is 23.5. The second-order valence-corrected chi connectivity index (χ2v) is 6.68. The zero-order chi connectivity index (χ0) is 17.6. The number of urea groups is 1. The van der Waals surface area contributed by atoms with E-state index in [9.17, 15) is 14.4 Å². The Balaban J connectivity index is 1.91. The van der Waals surface area contributed by atoms with Gasteiger partial charge in [0.25, 0.3) is 5.91 Å². The fraction of sp³-hybridized carbons (Fsp3) is 0.471. The van der Waals surface area contributed by atoms with Crippen LogP contribution in [0.1, 0.15) is 24.0 Å². The minimum absolute atomic E-state index is 0.297. The lowest BCUT2D eigenvalue weighted by molar-refractivity contribution is -0.147. The van der Waals surface area contributed by atoms with Crippen molar-refractivity contribution < 1.29 is 19.1 Å². The summed E-state index contributed by atoms with van der Waals surface area (Å²) in [4.78, 5) is 40.0. The number of amides is 3. The summed E-state index contributed by atoms with van der Waals surface area (Å²) in [5, 5.41) is 0.626. The van der Waals surface area contributed by atoms with Crippen molar-refractivity contribution in [2.75, 3.05) is 18.6 Å². The Hall–Kier alpha value is -2.08. The van der Waals surface area contributed by atoms with Crippen LogP contribution in [0.3, 0.4) is 0 Å². The summed E-state index contributed by atoms with van der Waals surface area (Å²) in [7, 11) is 1.34. The molecule has 1 aromatic carbocycles. The number of nitrogens with zero attached hydrogens (tertiary/aromatic N) is 2. The Bertz CT molecular complexity index is 710. The van der Waals surface area contributed by atoms with Crippen molar-refractivity contribution in [1.82, 2.24) is 4.90 Å². The van der Waals surface area contributed by atoms with Crippen LogP contribution in [-0.2, 0) is 14.3 Å². The number of rotatable bonds is 2. The van der Waals surface area contributed by atoms with Crippen molar-refractivity contribution in [3.05, 3.63) is 28.3 Å². The van der Waals surface area contributed by atoms with Crippen molar-refractivity contribution in [3.8, 4) is 0 Å². The van der Waals surface area contributed by atoms with Crippen LogP contribution in [0.25, 0.3) is 0 Å². The molecule has 0 aliphatic carbocycles. The maximum absolute atomic E-state index is 12.8. The number of benzene rings is 1. The number of piperidine rings is 1. The van der Waals surface area contributed by atoms with Gasteiger partial charge in [-0.15, -0.1) is 0 Å². The molecule has 2 aliphatic heterocycles. The van der Waals surface area contributed by atoms with E-state index >= 15 is 0 Å². The molecule has 3 rings (SSSR count). The molecule has 7 heteroatoms. The van der Waals surface area contributed by atoms with E-state index in [4.69, 9.17) is 16.3 Å². The predicted molar refractivity (Wildman–Crippen MR) is 89.0 cm³/mol. The number of imide groups is 1. The average molecular weight is 351 g/mol. The molecule has 0 saturated carbocycles. The molecule has 0 radical (unpaired) electrons. The van der Waals surface area contributed by atoms with E-state index in [1.165, 1.54) is 12.0 Å². The van der Waals surface area contributed by atoms with Crippen molar-refractivity contribution in [3.63, 3.8) is 0 Å². The third-order valence-electron chi connectivity index (χ3n) is 4.76. The lowest BCUT2D eigenvalue weighted by Crippen LogP contribution is -2.44. The highest BCUT2D eigenvalue weighted by atomic mass is 35.5. The lowest BCUT2D eigenvalue weighted by Gasteiger charge is -2.30. The van der Waals surface area contributed by atoms with Gasteiger partial charge in [0.05, 0.1) is 18.7 Å². The van der Waals surface area contributed by atoms with Gasteiger partial charge in [-0.1, -0.05) is 11.6 Å². The molecule has 0 aromatic heterocycles. The third-order valence-corrected chi connectivity index (χ3v) is 5.36. The van der Waals surface area contributed by atoms with E-state index in [0.717, 1.165) is 11.1 Å². The molecule has 1 aromatic rings. The second-order valence-electron chi connectivity index (χ2n) is 6.30. The maximum Gasteiger partial charge on any atom is 0.332 e. The zero-order valence-corrected chi connectivity index (χ0v) is 14.6. The molecule has 128 valence electrons. The summed E-state index contributed by atoms with van der Waals surface area (Å²) >= 11 is 6.17. The van der Waals surface area contributed by atoms with E-state index in [1.54, 1.807) is 17.0 Å². The molecular weight excluding hydrogens is 332 g/mol. The number of carbonyl (C=O) groups is 3. The molecule has 3 amide bonds. The summed E-state index contributed by atoms with van der Waals surface area (Å²) < 4.78 is 4.77. The smallest absolute Gasteiger partial charge is 0.332 e. The van der Waals surface area contributed by atoms with E-state index in [-0.39, 0.29) is 23.8 Å². The molecule has 24 heavy (non-hydrogen) atoms. The molecular formula is C17H19ClN2O4. The van der Waals surface area contributed by atoms with Crippen molar-refractivity contribution in [2.24, 2.45) is 5.92 Å². The first kappa shape index (κ1) is 16.8. The van der Waals surface area contributed by atoms with Crippen LogP contribution in [0.4, 0.5) is 10.5 Å². The molecule has 2 aliphatic rings. The van der Waals surface area contributed by atoms with Gasteiger partial charge >= 0.3 is 12.0 Å². The van der Waals surface area contributed by atoms with Gasteiger partial charge in [0, 0.05) is 11.6 Å². The standard InChI is InChI=1S/C17H19ClN2O4/c1-9-6-12(7-10(2)14(9)18)20-15(21)13-8-11(16(22)24-3)4-5-19(13)17(20)23/h6-7,11,13H,4-5,8H2,1-3H3. The highest BCUT2D eigenvalue weighted by Gasteiger charge is 2.49. The van der Waals surface area contributed by atoms with Gasteiger partial charge in [0.2, 0.25) is 0 Å². The van der Waals surface area contributed by atoms with E-state index in [1.807, 2.05) is 13.8 Å². The number of anilines is 1. The number of hydrogen-bond acceptors (Lipinski definition) is 4. The molecule has 2 fully saturated rings. The average Bonchev–Trinajstić information content (AvgIpc) is 2.82. The summed E-state index contributed by atoms with van der Waals surface area (Å²) in [6.07, 6.45) is 0.813. The van der Waals surface area contributed by atoms with Gasteiger partial charge in [0.1, 0.15) is 6.04 Å². The number of methoxy groups -OCH3 is 1. The summed E-state index contributed by atoms with van der Waals surface area (Å²) in [6, 6.07) is 2.53. The van der Waals surface area contributed by atoms with Gasteiger partial charge in [-0.05, 0) is 49.9 Å². The van der Waals surface area contributed by atoms with E-state index in [2.05, 4.69) is 0 Å². The van der Waals surface area contributed by atoms with Gasteiger partial charge in [-0.2, -0.15) is 0 Å². The summed E-state index contributed by atoms with van der Waals surface area (Å²) in [6.45, 7) is 4.05. The number of aryl methyl sites for hydroxylation is 2. The Morgan fingerprint density at radius 1 is 1.25 bits per heavy atom. The quantitative estimate of drug-likeness (QED) is 0.607. The van der Waals surface area contributed by atoms with Crippen LogP contribution in [0, 0.1) is 19.8 Å². The topological polar surface area (TPSA) is 66.9 Å². The minimum Gasteiger partial charge on any atom is -0.469 e. The number of fused-ring (bicyclic) bond motifs is 1. The lowest BCUT2D eigenvalue weighted by atomic mass is 9.91. The fourth-order valence-corrected chi connectivity index (χ4v) is 3.58. The van der Waals surface area contributed by atoms with Gasteiger partial charge < -0.3 is 9.64 Å². The Labute approximate surface area is 145 Å². The molecule has 0 bridgehead atoms. The number of esters is 1. The van der Waals surface area contributed by atoms with Crippen LogP contribution in [0.5, 0.6) is 0 Å². The highest BCUT2D eigenvalue weighted by molar-refractivity contribution is 6.32. The second kappa shape index (κ2) is 6.09. The maximum atomic E-state index is 12.8.